The van der Waals surface area contributed by atoms with E-state index in [-0.39, 0.29) is 5.97 Å². The summed E-state index contributed by atoms with van der Waals surface area (Å²) < 4.78 is 5.60. The Labute approximate surface area is 103 Å². The highest BCUT2D eigenvalue weighted by Gasteiger charge is 2.32. The third-order valence-electron chi connectivity index (χ3n) is 2.24. The van der Waals surface area contributed by atoms with Crippen molar-refractivity contribution in [2.45, 2.75) is 31.8 Å². The third kappa shape index (κ3) is 2.93. The van der Waals surface area contributed by atoms with Crippen molar-refractivity contribution in [2.75, 3.05) is 6.61 Å². The van der Waals surface area contributed by atoms with E-state index in [0.29, 0.717) is 22.0 Å². The molecule has 6 heteroatoms. The van der Waals surface area contributed by atoms with Gasteiger partial charge in [-0.2, -0.15) is 0 Å². The minimum Gasteiger partial charge on any atom is -0.465 e. The van der Waals surface area contributed by atoms with Crippen LogP contribution in [-0.4, -0.2) is 23.6 Å². The lowest BCUT2D eigenvalue weighted by Crippen LogP contribution is -2.31. The maximum atomic E-state index is 11.8. The third-order valence-corrected chi connectivity index (χ3v) is 3.42. The lowest BCUT2D eigenvalue weighted by atomic mass is 10.3. The molecule has 0 amide bonds. The number of hydrogen-bond acceptors (Lipinski definition) is 5. The molecule has 0 aromatic carbocycles. The first-order valence-electron chi connectivity index (χ1n) is 5.24. The summed E-state index contributed by atoms with van der Waals surface area (Å²) in [5.74, 6) is -0.277. The molecule has 1 saturated carbocycles. The molecule has 1 atom stereocenters. The summed E-state index contributed by atoms with van der Waals surface area (Å²) in [6, 6.07) is -0.0537. The Hall–Kier alpha value is -0.650. The van der Waals surface area contributed by atoms with Crippen LogP contribution >= 0.6 is 22.9 Å². The topological polar surface area (TPSA) is 51.2 Å². The van der Waals surface area contributed by atoms with Gasteiger partial charge in [0.25, 0.3) is 0 Å². The van der Waals surface area contributed by atoms with Gasteiger partial charge < -0.3 is 4.74 Å². The molecule has 0 spiro atoms. The molecule has 0 aliphatic heterocycles. The van der Waals surface area contributed by atoms with E-state index < -0.39 is 6.04 Å². The Balaban J connectivity index is 2.09. The molecule has 1 aliphatic rings. The fourth-order valence-corrected chi connectivity index (χ4v) is 2.33. The van der Waals surface area contributed by atoms with Crippen molar-refractivity contribution in [3.8, 4) is 0 Å². The van der Waals surface area contributed by atoms with Crippen LogP contribution in [0.5, 0.6) is 0 Å². The van der Waals surface area contributed by atoms with Gasteiger partial charge in [-0.1, -0.05) is 11.6 Å². The molecule has 2 rings (SSSR count). The zero-order valence-corrected chi connectivity index (χ0v) is 10.5. The van der Waals surface area contributed by atoms with Crippen LogP contribution in [0.15, 0.2) is 6.20 Å². The lowest BCUT2D eigenvalue weighted by molar-refractivity contribution is -0.145. The Kier molecular flexibility index (Phi) is 3.78. The molecule has 1 fully saturated rings. The quantitative estimate of drug-likeness (QED) is 0.825. The van der Waals surface area contributed by atoms with Gasteiger partial charge in [0, 0.05) is 6.04 Å². The van der Waals surface area contributed by atoms with Gasteiger partial charge in [-0.05, 0) is 19.8 Å². The molecule has 1 aliphatic carbocycles. The summed E-state index contributed by atoms with van der Waals surface area (Å²) in [6.07, 6.45) is 3.77. The molecule has 0 saturated heterocycles. The largest absolute Gasteiger partial charge is 0.465 e. The van der Waals surface area contributed by atoms with Gasteiger partial charge in [0.1, 0.15) is 9.34 Å². The number of aromatic nitrogens is 1. The van der Waals surface area contributed by atoms with Crippen molar-refractivity contribution >= 4 is 28.9 Å². The number of thiazole rings is 1. The maximum Gasteiger partial charge on any atom is 0.330 e. The summed E-state index contributed by atoms with van der Waals surface area (Å²) in [4.78, 5) is 15.9. The van der Waals surface area contributed by atoms with Gasteiger partial charge in [0.2, 0.25) is 0 Å². The molecule has 1 unspecified atom stereocenters. The van der Waals surface area contributed by atoms with E-state index in [0.717, 1.165) is 12.8 Å². The van der Waals surface area contributed by atoms with Crippen LogP contribution in [0.3, 0.4) is 0 Å². The highest BCUT2D eigenvalue weighted by Crippen LogP contribution is 2.29. The number of ether oxygens (including phenoxy) is 1. The van der Waals surface area contributed by atoms with Crippen LogP contribution < -0.4 is 5.32 Å². The highest BCUT2D eigenvalue weighted by atomic mass is 35.5. The Morgan fingerprint density at radius 3 is 3.06 bits per heavy atom. The minimum atomic E-state index is -0.468. The van der Waals surface area contributed by atoms with Crippen molar-refractivity contribution in [3.63, 3.8) is 0 Å². The predicted octanol–water partition coefficient (Wildman–Crippen LogP) is 2.15. The van der Waals surface area contributed by atoms with Crippen LogP contribution in [0, 0.1) is 0 Å². The van der Waals surface area contributed by atoms with E-state index in [2.05, 4.69) is 10.3 Å². The normalized spacial score (nSPS) is 17.1. The second-order valence-electron chi connectivity index (χ2n) is 3.63. The molecular formula is C10H13ClN2O2S. The standard InChI is InChI=1S/C10H13ClN2O2S/c1-2-15-10(14)8(13-6-3-4-6)9-12-5-7(11)16-9/h5-6,8,13H,2-4H2,1H3. The van der Waals surface area contributed by atoms with E-state index in [1.165, 1.54) is 11.3 Å². The average molecular weight is 261 g/mol. The first kappa shape index (κ1) is 11.8. The fraction of sp³-hybridized carbons (Fsp3) is 0.600. The molecule has 1 N–H and O–H groups in total. The number of esters is 1. The summed E-state index contributed by atoms with van der Waals surface area (Å²) in [7, 11) is 0. The van der Waals surface area contributed by atoms with E-state index in [4.69, 9.17) is 16.3 Å². The van der Waals surface area contributed by atoms with Crippen LogP contribution in [0.1, 0.15) is 30.8 Å². The molecule has 0 radical (unpaired) electrons. The number of hydrogen-bond donors (Lipinski definition) is 1. The SMILES string of the molecule is CCOC(=O)C(NC1CC1)c1ncc(Cl)s1. The van der Waals surface area contributed by atoms with Gasteiger partial charge >= 0.3 is 5.97 Å². The summed E-state index contributed by atoms with van der Waals surface area (Å²) >= 11 is 7.13. The molecule has 88 valence electrons. The van der Waals surface area contributed by atoms with Gasteiger partial charge in [-0.15, -0.1) is 11.3 Å². The van der Waals surface area contributed by atoms with Crippen LogP contribution in [0.2, 0.25) is 4.34 Å². The molecular weight excluding hydrogens is 248 g/mol. The van der Waals surface area contributed by atoms with Crippen molar-refractivity contribution in [2.24, 2.45) is 0 Å². The summed E-state index contributed by atoms with van der Waals surface area (Å²) in [5, 5.41) is 3.90. The van der Waals surface area contributed by atoms with Crippen LogP contribution in [-0.2, 0) is 9.53 Å². The number of carbonyl (C=O) groups excluding carboxylic acids is 1. The Bertz CT molecular complexity index is 379. The number of halogens is 1. The first-order valence-corrected chi connectivity index (χ1v) is 6.44. The zero-order valence-electron chi connectivity index (χ0n) is 8.90. The monoisotopic (exact) mass is 260 g/mol. The fourth-order valence-electron chi connectivity index (χ4n) is 1.35. The zero-order chi connectivity index (χ0) is 11.5. The predicted molar refractivity (Wildman–Crippen MR) is 62.7 cm³/mol. The number of nitrogens with one attached hydrogen (secondary N) is 1. The van der Waals surface area contributed by atoms with Crippen molar-refractivity contribution in [3.05, 3.63) is 15.5 Å². The summed E-state index contributed by atoms with van der Waals surface area (Å²) in [6.45, 7) is 2.17. The van der Waals surface area contributed by atoms with Crippen LogP contribution in [0.4, 0.5) is 0 Å². The maximum absolute atomic E-state index is 11.8. The van der Waals surface area contributed by atoms with Crippen molar-refractivity contribution in [1.29, 1.82) is 0 Å². The van der Waals surface area contributed by atoms with Gasteiger partial charge in [-0.3, -0.25) is 5.32 Å². The van der Waals surface area contributed by atoms with Crippen molar-refractivity contribution in [1.82, 2.24) is 10.3 Å². The van der Waals surface area contributed by atoms with E-state index in [1.54, 1.807) is 13.1 Å². The van der Waals surface area contributed by atoms with Gasteiger partial charge in [-0.25, -0.2) is 9.78 Å². The Morgan fingerprint density at radius 1 is 1.81 bits per heavy atom. The molecule has 1 aromatic heterocycles. The number of nitrogens with zero attached hydrogens (tertiary/aromatic N) is 1. The highest BCUT2D eigenvalue weighted by molar-refractivity contribution is 7.16. The second kappa shape index (κ2) is 5.12. The Morgan fingerprint density at radius 2 is 2.56 bits per heavy atom. The summed E-state index contributed by atoms with van der Waals surface area (Å²) in [5.41, 5.74) is 0. The van der Waals surface area contributed by atoms with E-state index in [9.17, 15) is 4.79 Å². The molecule has 4 nitrogen and oxygen atoms in total. The smallest absolute Gasteiger partial charge is 0.330 e. The number of carbonyl (C=O) groups is 1. The molecule has 0 bridgehead atoms. The van der Waals surface area contributed by atoms with Crippen LogP contribution in [0.25, 0.3) is 0 Å². The lowest BCUT2D eigenvalue weighted by Gasteiger charge is -2.14. The first-order chi connectivity index (χ1) is 7.70. The number of rotatable bonds is 5. The average Bonchev–Trinajstić information content (AvgIpc) is 2.97. The second-order valence-corrected chi connectivity index (χ2v) is 5.32. The van der Waals surface area contributed by atoms with Gasteiger partial charge in [0.15, 0.2) is 6.04 Å². The van der Waals surface area contributed by atoms with E-state index in [1.807, 2.05) is 0 Å². The minimum absolute atomic E-state index is 0.277. The van der Waals surface area contributed by atoms with E-state index >= 15 is 0 Å². The molecule has 1 heterocycles. The molecule has 16 heavy (non-hydrogen) atoms. The van der Waals surface area contributed by atoms with Gasteiger partial charge in [0.05, 0.1) is 12.8 Å². The molecule has 1 aromatic rings. The van der Waals surface area contributed by atoms with Crippen molar-refractivity contribution < 1.29 is 9.53 Å².